The molecule has 0 saturated heterocycles. The Labute approximate surface area is 244 Å². The molecule has 1 aliphatic carbocycles. The van der Waals surface area contributed by atoms with Gasteiger partial charge in [-0.05, 0) is 56.9 Å². The van der Waals surface area contributed by atoms with Crippen molar-refractivity contribution in [3.05, 3.63) is 50.4 Å². The number of benzene rings is 1. The number of hydrogen-bond acceptors (Lipinski definition) is 10. The molecule has 0 spiro atoms. The highest BCUT2D eigenvalue weighted by Crippen LogP contribution is 2.42. The molecule has 6 N–H and O–H groups in total. The van der Waals surface area contributed by atoms with E-state index in [0.29, 0.717) is 34.7 Å². The van der Waals surface area contributed by atoms with Crippen LogP contribution >= 0.6 is 23.7 Å². The number of carboxylic acid groups (broad SMARTS) is 1. The number of nitrogens with two attached hydrogens (primary N) is 1. The molecule has 15 heteroatoms. The summed E-state index contributed by atoms with van der Waals surface area (Å²) in [5.41, 5.74) is 5.85. The van der Waals surface area contributed by atoms with Crippen molar-refractivity contribution in [2.75, 3.05) is 18.5 Å². The van der Waals surface area contributed by atoms with E-state index < -0.39 is 29.0 Å². The van der Waals surface area contributed by atoms with Crippen LogP contribution in [-0.4, -0.2) is 57.6 Å². The molecule has 3 aromatic rings. The Hall–Kier alpha value is -4.01. The molecule has 13 nitrogen and oxygen atoms in total. The van der Waals surface area contributed by atoms with Crippen molar-refractivity contribution < 1.29 is 33.8 Å². The summed E-state index contributed by atoms with van der Waals surface area (Å²) in [4.78, 5) is 66.6. The van der Waals surface area contributed by atoms with E-state index in [2.05, 4.69) is 20.6 Å². The van der Waals surface area contributed by atoms with Crippen molar-refractivity contribution in [2.24, 2.45) is 5.73 Å². The van der Waals surface area contributed by atoms with Gasteiger partial charge in [-0.25, -0.2) is 4.98 Å². The van der Waals surface area contributed by atoms with Crippen LogP contribution < -0.4 is 26.7 Å². The number of carboxylic acids is 1. The predicted molar refractivity (Wildman–Crippen MR) is 153 cm³/mol. The molecule has 220 valence electrons. The summed E-state index contributed by atoms with van der Waals surface area (Å²) in [5, 5.41) is 15.1. The van der Waals surface area contributed by atoms with Crippen molar-refractivity contribution in [1.82, 2.24) is 15.3 Å². The fourth-order valence-corrected chi connectivity index (χ4v) is 5.54. The molecular formula is C26H30ClN5O8S. The lowest BCUT2D eigenvalue weighted by atomic mass is 10.0. The van der Waals surface area contributed by atoms with Gasteiger partial charge in [-0.15, -0.1) is 23.7 Å². The first-order chi connectivity index (χ1) is 18.9. The highest BCUT2D eigenvalue weighted by molar-refractivity contribution is 7.18. The molecule has 3 heterocycles. The molecule has 0 saturated carbocycles. The first kappa shape index (κ1) is 31.5. The topological polar surface area (TPSA) is 203 Å². The van der Waals surface area contributed by atoms with Gasteiger partial charge in [0.2, 0.25) is 5.82 Å². The average Bonchev–Trinajstić information content (AvgIpc) is 3.45. The summed E-state index contributed by atoms with van der Waals surface area (Å²) >= 11 is 1.25. The number of carbonyl (C=O) groups is 4. The SMILES string of the molecule is CC(C)(C)OC(=O)CN.Cl.O=C1COc2ccc(CNC(=O)c3nc4sc5c(c4c(=O)[nH]3)C(C(=O)O)CC5)cc2N1. The smallest absolute Gasteiger partial charge is 0.320 e. The zero-order chi connectivity index (χ0) is 29.2. The van der Waals surface area contributed by atoms with E-state index in [9.17, 15) is 29.1 Å². The van der Waals surface area contributed by atoms with Crippen LogP contribution in [0.15, 0.2) is 23.0 Å². The van der Waals surface area contributed by atoms with E-state index in [-0.39, 0.29) is 55.2 Å². The van der Waals surface area contributed by atoms with Crippen molar-refractivity contribution in [3.63, 3.8) is 0 Å². The van der Waals surface area contributed by atoms with Gasteiger partial charge in [-0.3, -0.25) is 24.0 Å². The van der Waals surface area contributed by atoms with Gasteiger partial charge in [0.1, 0.15) is 16.2 Å². The van der Waals surface area contributed by atoms with Crippen LogP contribution in [0.2, 0.25) is 0 Å². The van der Waals surface area contributed by atoms with E-state index in [1.807, 2.05) is 0 Å². The number of aliphatic carboxylic acids is 1. The number of aromatic amines is 1. The number of aryl methyl sites for hydroxylation is 1. The first-order valence-corrected chi connectivity index (χ1v) is 13.2. The standard InChI is InChI=1S/C20H16N4O6S.C6H13NO2.ClH/c25-13-7-30-11-3-1-8(5-10(11)22-13)6-21-18(27)16-23-17(26)15-14-9(20(28)29)2-4-12(14)31-19(15)24-16;1-6(2,3)9-5(8)4-7;/h1,3,5,9H,2,4,6-7H2,(H,21,27)(H,22,25)(H,28,29)(H,23,24,26);4,7H2,1-3H3;1H. The number of anilines is 1. The van der Waals surface area contributed by atoms with E-state index >= 15 is 0 Å². The van der Waals surface area contributed by atoms with Gasteiger partial charge in [-0.1, -0.05) is 6.07 Å². The summed E-state index contributed by atoms with van der Waals surface area (Å²) in [6.45, 7) is 5.48. The fraction of sp³-hybridized carbons (Fsp3) is 0.385. The summed E-state index contributed by atoms with van der Waals surface area (Å²) in [6.07, 6.45) is 1.03. The minimum Gasteiger partial charge on any atom is -0.482 e. The lowest BCUT2D eigenvalue weighted by Crippen LogP contribution is -2.28. The molecule has 0 bridgehead atoms. The zero-order valence-electron chi connectivity index (χ0n) is 22.5. The third-order valence-electron chi connectivity index (χ3n) is 5.91. The zero-order valence-corrected chi connectivity index (χ0v) is 24.1. The number of hydrogen-bond donors (Lipinski definition) is 5. The van der Waals surface area contributed by atoms with Gasteiger partial charge in [-0.2, -0.15) is 0 Å². The van der Waals surface area contributed by atoms with Crippen LogP contribution in [0.5, 0.6) is 5.75 Å². The Kier molecular flexibility index (Phi) is 9.73. The molecular weight excluding hydrogens is 578 g/mol. The number of halogens is 1. The van der Waals surface area contributed by atoms with Gasteiger partial charge >= 0.3 is 11.9 Å². The third kappa shape index (κ3) is 7.39. The van der Waals surface area contributed by atoms with Crippen LogP contribution in [0.25, 0.3) is 10.2 Å². The van der Waals surface area contributed by atoms with Gasteiger partial charge < -0.3 is 35.9 Å². The normalized spacial score (nSPS) is 15.2. The maximum atomic E-state index is 12.6. The van der Waals surface area contributed by atoms with Crippen LogP contribution in [-0.2, 0) is 32.1 Å². The molecule has 0 fully saturated rings. The molecule has 2 aliphatic rings. The number of aromatic nitrogens is 2. The second-order valence-electron chi connectivity index (χ2n) is 10.1. The second kappa shape index (κ2) is 12.7. The van der Waals surface area contributed by atoms with Gasteiger partial charge in [0.25, 0.3) is 17.4 Å². The Balaban J connectivity index is 0.000000403. The lowest BCUT2D eigenvalue weighted by Gasteiger charge is -2.18. The molecule has 1 aromatic carbocycles. The number of nitrogens with zero attached hydrogens (tertiary/aromatic N) is 1. The minimum atomic E-state index is -0.966. The number of esters is 1. The number of thiophene rings is 1. The Morgan fingerprint density at radius 1 is 1.27 bits per heavy atom. The number of ether oxygens (including phenoxy) is 2. The van der Waals surface area contributed by atoms with Crippen molar-refractivity contribution in [2.45, 2.75) is 51.7 Å². The van der Waals surface area contributed by atoms with E-state index in [4.69, 9.17) is 15.2 Å². The van der Waals surface area contributed by atoms with Crippen LogP contribution in [0.4, 0.5) is 5.69 Å². The molecule has 2 amide bonds. The van der Waals surface area contributed by atoms with E-state index in [1.165, 1.54) is 11.3 Å². The highest BCUT2D eigenvalue weighted by atomic mass is 35.5. The van der Waals surface area contributed by atoms with Crippen LogP contribution in [0.1, 0.15) is 59.7 Å². The number of rotatable bonds is 5. The predicted octanol–water partition coefficient (Wildman–Crippen LogP) is 2.07. The Morgan fingerprint density at radius 3 is 2.63 bits per heavy atom. The third-order valence-corrected chi connectivity index (χ3v) is 7.07. The highest BCUT2D eigenvalue weighted by Gasteiger charge is 2.34. The van der Waals surface area contributed by atoms with Crippen molar-refractivity contribution >= 4 is 63.4 Å². The molecule has 41 heavy (non-hydrogen) atoms. The Morgan fingerprint density at radius 2 is 2.00 bits per heavy atom. The van der Waals surface area contributed by atoms with Crippen LogP contribution in [0.3, 0.4) is 0 Å². The number of carbonyl (C=O) groups excluding carboxylic acids is 3. The summed E-state index contributed by atoms with van der Waals surface area (Å²) in [5.74, 6) is -2.46. The Bertz CT molecular complexity index is 1560. The van der Waals surface area contributed by atoms with Crippen LogP contribution in [0, 0.1) is 0 Å². The molecule has 5 rings (SSSR count). The lowest BCUT2D eigenvalue weighted by molar-refractivity contribution is -0.153. The summed E-state index contributed by atoms with van der Waals surface area (Å²) in [7, 11) is 0. The molecule has 1 unspecified atom stereocenters. The quantitative estimate of drug-likeness (QED) is 0.267. The number of amides is 2. The van der Waals surface area contributed by atoms with E-state index in [0.717, 1.165) is 10.4 Å². The van der Waals surface area contributed by atoms with Gasteiger partial charge in [0.05, 0.1) is 23.5 Å². The van der Waals surface area contributed by atoms with E-state index in [1.54, 1.807) is 39.0 Å². The first-order valence-electron chi connectivity index (χ1n) is 12.4. The molecule has 2 aromatic heterocycles. The monoisotopic (exact) mass is 607 g/mol. The molecule has 0 radical (unpaired) electrons. The molecule has 1 aliphatic heterocycles. The number of fused-ring (bicyclic) bond motifs is 4. The number of nitrogens with one attached hydrogen (secondary N) is 3. The maximum Gasteiger partial charge on any atom is 0.320 e. The maximum absolute atomic E-state index is 12.6. The van der Waals surface area contributed by atoms with Crippen molar-refractivity contribution in [1.29, 1.82) is 0 Å². The fourth-order valence-electron chi connectivity index (χ4n) is 4.29. The largest absolute Gasteiger partial charge is 0.482 e. The average molecular weight is 608 g/mol. The van der Waals surface area contributed by atoms with Crippen molar-refractivity contribution in [3.8, 4) is 5.75 Å². The van der Waals surface area contributed by atoms with Gasteiger partial charge in [0.15, 0.2) is 6.61 Å². The van der Waals surface area contributed by atoms with Gasteiger partial charge in [0, 0.05) is 11.4 Å². The summed E-state index contributed by atoms with van der Waals surface area (Å²) in [6, 6.07) is 5.15. The minimum absolute atomic E-state index is 0. The summed E-state index contributed by atoms with van der Waals surface area (Å²) < 4.78 is 10.1. The second-order valence-corrected chi connectivity index (χ2v) is 11.2. The molecule has 1 atom stereocenters. The number of H-pyrrole nitrogens is 1.